The largest absolute Gasteiger partial charge is 0.543 e. The van der Waals surface area contributed by atoms with E-state index in [9.17, 15) is 9.59 Å². The van der Waals surface area contributed by atoms with Crippen LogP contribution in [-0.2, 0) is 19.6 Å². The molecule has 0 aliphatic heterocycles. The summed E-state index contributed by atoms with van der Waals surface area (Å²) in [6, 6.07) is 2.76. The maximum atomic E-state index is 11.9. The van der Waals surface area contributed by atoms with Crippen molar-refractivity contribution in [3.05, 3.63) is 17.7 Å². The molecule has 0 N–H and O–H groups in total. The average molecular weight is 330 g/mol. The number of hydrogen-bond donors (Lipinski definition) is 0. The minimum Gasteiger partial charge on any atom is -0.496 e. The molecule has 0 atom stereocenters. The highest BCUT2D eigenvalue weighted by Gasteiger charge is 2.21. The molecule has 23 heavy (non-hydrogen) atoms. The Balaban J connectivity index is 2.77. The minimum absolute atomic E-state index is 0.0222. The predicted molar refractivity (Wildman–Crippen MR) is 75.3 cm³/mol. The molecule has 0 unspecified atom stereocenters. The maximum absolute atomic E-state index is 11.9. The van der Waals surface area contributed by atoms with Crippen molar-refractivity contribution in [2.45, 2.75) is 20.0 Å². The lowest BCUT2D eigenvalue weighted by Crippen LogP contribution is -2.15. The van der Waals surface area contributed by atoms with Crippen LogP contribution in [0.5, 0.6) is 17.2 Å². The van der Waals surface area contributed by atoms with Crippen LogP contribution >= 0.6 is 0 Å². The molecule has 9 nitrogen and oxygen atoms in total. The highest BCUT2D eigenvalue weighted by molar-refractivity contribution is 5.93. The molecule has 1 aromatic carbocycles. The monoisotopic (exact) mass is 330 g/mol. The van der Waals surface area contributed by atoms with E-state index in [1.54, 1.807) is 13.8 Å². The van der Waals surface area contributed by atoms with Crippen molar-refractivity contribution < 1.29 is 43.3 Å². The Labute approximate surface area is 132 Å². The van der Waals surface area contributed by atoms with E-state index >= 15 is 0 Å². The summed E-state index contributed by atoms with van der Waals surface area (Å²) in [7, 11) is 4.20. The fourth-order valence-corrected chi connectivity index (χ4v) is 1.52. The quantitative estimate of drug-likeness (QED) is 0.423. The highest BCUT2D eigenvalue weighted by Crippen LogP contribution is 2.34. The summed E-state index contributed by atoms with van der Waals surface area (Å²) in [4.78, 5) is 31.5. The third kappa shape index (κ3) is 5.22. The van der Waals surface area contributed by atoms with E-state index in [0.717, 1.165) is 0 Å². The van der Waals surface area contributed by atoms with E-state index in [1.807, 2.05) is 0 Å². The van der Waals surface area contributed by atoms with Gasteiger partial charge < -0.3 is 18.9 Å². The molecule has 0 radical (unpaired) electrons. The molecule has 0 saturated carbocycles. The van der Waals surface area contributed by atoms with Crippen LogP contribution in [0.4, 0.5) is 4.79 Å². The molecule has 128 valence electrons. The van der Waals surface area contributed by atoms with Crippen LogP contribution < -0.4 is 14.2 Å². The smallest absolute Gasteiger partial charge is 0.496 e. The van der Waals surface area contributed by atoms with Crippen LogP contribution in [0.2, 0.25) is 0 Å². The van der Waals surface area contributed by atoms with Crippen molar-refractivity contribution in [2.75, 3.05) is 21.3 Å². The zero-order chi connectivity index (χ0) is 17.4. The summed E-state index contributed by atoms with van der Waals surface area (Å²) in [6.07, 6.45) is -1.56. The summed E-state index contributed by atoms with van der Waals surface area (Å²) in [6.45, 7) is 3.23. The molecule has 0 aromatic heterocycles. The summed E-state index contributed by atoms with van der Waals surface area (Å²) < 4.78 is 19.8. The van der Waals surface area contributed by atoms with Gasteiger partial charge in [0.25, 0.3) is 0 Å². The van der Waals surface area contributed by atoms with E-state index < -0.39 is 18.2 Å². The Morgan fingerprint density at radius 3 is 1.96 bits per heavy atom. The summed E-state index contributed by atoms with van der Waals surface area (Å²) >= 11 is 0. The molecular formula is C14H18O9. The lowest BCUT2D eigenvalue weighted by atomic mass is 10.1. The van der Waals surface area contributed by atoms with Gasteiger partial charge in [0, 0.05) is 12.1 Å². The molecule has 0 bridgehead atoms. The van der Waals surface area contributed by atoms with Gasteiger partial charge in [-0.3, -0.25) is 4.89 Å². The van der Waals surface area contributed by atoms with Crippen LogP contribution in [0.3, 0.4) is 0 Å². The van der Waals surface area contributed by atoms with Crippen LogP contribution in [0.25, 0.3) is 0 Å². The molecule has 0 spiro atoms. The van der Waals surface area contributed by atoms with Crippen molar-refractivity contribution in [1.82, 2.24) is 0 Å². The van der Waals surface area contributed by atoms with Gasteiger partial charge in [0.05, 0.1) is 32.5 Å². The zero-order valence-corrected chi connectivity index (χ0v) is 13.4. The molecule has 0 fully saturated rings. The van der Waals surface area contributed by atoms with Crippen molar-refractivity contribution in [2.24, 2.45) is 0 Å². The Kier molecular flexibility index (Phi) is 6.94. The normalized spacial score (nSPS) is 10.0. The second-order valence-corrected chi connectivity index (χ2v) is 4.35. The summed E-state index contributed by atoms with van der Waals surface area (Å²) in [5.74, 6) is -0.180. The first kappa shape index (κ1) is 18.4. The highest BCUT2D eigenvalue weighted by atomic mass is 17.5. The third-order valence-electron chi connectivity index (χ3n) is 2.47. The van der Waals surface area contributed by atoms with Gasteiger partial charge in [-0.25, -0.2) is 14.5 Å². The third-order valence-corrected chi connectivity index (χ3v) is 2.47. The number of ether oxygens (including phenoxy) is 4. The van der Waals surface area contributed by atoms with Gasteiger partial charge in [0.15, 0.2) is 11.5 Å². The fourth-order valence-electron chi connectivity index (χ4n) is 1.52. The summed E-state index contributed by atoms with van der Waals surface area (Å²) in [5.41, 5.74) is -0.0222. The van der Waals surface area contributed by atoms with Gasteiger partial charge in [-0.05, 0) is 13.8 Å². The lowest BCUT2D eigenvalue weighted by Gasteiger charge is -2.12. The number of rotatable bonds is 7. The first-order valence-electron chi connectivity index (χ1n) is 6.49. The topological polar surface area (TPSA) is 98.8 Å². The van der Waals surface area contributed by atoms with Gasteiger partial charge in [0.1, 0.15) is 11.3 Å². The number of methoxy groups -OCH3 is 3. The lowest BCUT2D eigenvalue weighted by molar-refractivity contribution is -0.452. The first-order valence-corrected chi connectivity index (χ1v) is 6.49. The van der Waals surface area contributed by atoms with Crippen molar-refractivity contribution >= 4 is 12.1 Å². The molecule has 9 heteroatoms. The molecule has 0 amide bonds. The van der Waals surface area contributed by atoms with E-state index in [2.05, 4.69) is 19.6 Å². The zero-order valence-electron chi connectivity index (χ0n) is 13.4. The first-order chi connectivity index (χ1) is 10.9. The van der Waals surface area contributed by atoms with Crippen LogP contribution in [0, 0.1) is 0 Å². The van der Waals surface area contributed by atoms with E-state index in [4.69, 9.17) is 14.2 Å². The van der Waals surface area contributed by atoms with Crippen LogP contribution in [-0.4, -0.2) is 39.6 Å². The number of carbonyl (C=O) groups excluding carboxylic acids is 2. The van der Waals surface area contributed by atoms with Crippen molar-refractivity contribution in [3.63, 3.8) is 0 Å². The maximum Gasteiger partial charge on any atom is 0.543 e. The second-order valence-electron chi connectivity index (χ2n) is 4.35. The number of carbonyl (C=O) groups is 2. The van der Waals surface area contributed by atoms with Gasteiger partial charge >= 0.3 is 12.1 Å². The van der Waals surface area contributed by atoms with Crippen LogP contribution in [0.15, 0.2) is 12.1 Å². The minimum atomic E-state index is -1.15. The Hall–Kier alpha value is -2.68. The predicted octanol–water partition coefficient (Wildman–Crippen LogP) is 2.28. The van der Waals surface area contributed by atoms with E-state index in [0.29, 0.717) is 5.75 Å². The molecule has 0 heterocycles. The molecular weight excluding hydrogens is 312 g/mol. The SMILES string of the molecule is COc1cc(OC)c(C(=O)OOOC(=O)OC(C)C)cc1OC. The van der Waals surface area contributed by atoms with Gasteiger partial charge in [-0.15, -0.1) is 0 Å². The molecule has 1 rings (SSSR count). The Morgan fingerprint density at radius 2 is 1.43 bits per heavy atom. The van der Waals surface area contributed by atoms with Gasteiger partial charge in [0.2, 0.25) is 0 Å². The van der Waals surface area contributed by atoms with E-state index in [1.165, 1.54) is 33.5 Å². The summed E-state index contributed by atoms with van der Waals surface area (Å²) in [5, 5.41) is 4.09. The Morgan fingerprint density at radius 1 is 0.870 bits per heavy atom. The number of benzene rings is 1. The van der Waals surface area contributed by atoms with Gasteiger partial charge in [-0.2, -0.15) is 0 Å². The van der Waals surface area contributed by atoms with Crippen molar-refractivity contribution in [3.8, 4) is 17.2 Å². The van der Waals surface area contributed by atoms with Gasteiger partial charge in [-0.1, -0.05) is 0 Å². The standard InChI is InChI=1S/C14H18O9/c1-8(2)20-14(16)22-23-21-13(15)9-6-11(18-4)12(19-5)7-10(9)17-3/h6-8H,1-5H3. The molecule has 0 aliphatic rings. The van der Waals surface area contributed by atoms with Crippen molar-refractivity contribution in [1.29, 1.82) is 0 Å². The van der Waals surface area contributed by atoms with E-state index in [-0.39, 0.29) is 17.1 Å². The number of hydrogen-bond acceptors (Lipinski definition) is 9. The average Bonchev–Trinajstić information content (AvgIpc) is 2.52. The molecule has 0 aliphatic carbocycles. The molecule has 1 aromatic rings. The second kappa shape index (κ2) is 8.69. The fraction of sp³-hybridized carbons (Fsp3) is 0.429. The van der Waals surface area contributed by atoms with Crippen LogP contribution in [0.1, 0.15) is 24.2 Å². The molecule has 0 saturated heterocycles. The Bertz CT molecular complexity index is 553.